The SMILES string of the molecule is O=S(=O)(O)Cc1ccc(-c2ccc3cc(/C=C/c4ccc5cc(-c6ccc(CS(=O)(=O)O)cc6)ccc5c4)ccc3c2)cc1. The van der Waals surface area contributed by atoms with E-state index in [1.54, 1.807) is 24.3 Å². The van der Waals surface area contributed by atoms with Gasteiger partial charge in [-0.05, 0) is 90.3 Å². The van der Waals surface area contributed by atoms with Crippen LogP contribution in [0.3, 0.4) is 0 Å². The van der Waals surface area contributed by atoms with Gasteiger partial charge in [0.05, 0.1) is 0 Å². The van der Waals surface area contributed by atoms with E-state index in [4.69, 9.17) is 9.11 Å². The smallest absolute Gasteiger partial charge is 0.269 e. The van der Waals surface area contributed by atoms with Crippen molar-refractivity contribution in [2.24, 2.45) is 0 Å². The first-order valence-corrected chi connectivity index (χ1v) is 17.0. The van der Waals surface area contributed by atoms with Gasteiger partial charge in [-0.2, -0.15) is 16.8 Å². The Balaban J connectivity index is 1.17. The molecule has 0 fully saturated rings. The third-order valence-corrected chi connectivity index (χ3v) is 8.87. The highest BCUT2D eigenvalue weighted by Gasteiger charge is 2.09. The Kier molecular flexibility index (Phi) is 7.92. The highest BCUT2D eigenvalue weighted by atomic mass is 32.2. The van der Waals surface area contributed by atoms with Crippen molar-refractivity contribution in [1.82, 2.24) is 0 Å². The minimum atomic E-state index is -4.06. The quantitative estimate of drug-likeness (QED) is 0.131. The lowest BCUT2D eigenvalue weighted by atomic mass is 9.98. The molecule has 0 aromatic heterocycles. The minimum Gasteiger partial charge on any atom is -0.285 e. The van der Waals surface area contributed by atoms with Crippen molar-refractivity contribution in [2.45, 2.75) is 11.5 Å². The van der Waals surface area contributed by atoms with E-state index in [0.29, 0.717) is 11.1 Å². The fraction of sp³-hybridized carbons (Fsp3) is 0.0556. The van der Waals surface area contributed by atoms with Gasteiger partial charge in [0, 0.05) is 0 Å². The van der Waals surface area contributed by atoms with Crippen LogP contribution in [0.15, 0.2) is 121 Å². The van der Waals surface area contributed by atoms with Crippen LogP contribution in [0.4, 0.5) is 0 Å². The average molecular weight is 621 g/mol. The Hall–Kier alpha value is -4.60. The highest BCUT2D eigenvalue weighted by Crippen LogP contribution is 2.28. The van der Waals surface area contributed by atoms with Gasteiger partial charge in [-0.25, -0.2) is 0 Å². The van der Waals surface area contributed by atoms with Crippen molar-refractivity contribution >= 4 is 53.9 Å². The van der Waals surface area contributed by atoms with Gasteiger partial charge in [0.25, 0.3) is 20.2 Å². The average Bonchev–Trinajstić information content (AvgIpc) is 2.98. The third kappa shape index (κ3) is 7.30. The first kappa shape index (κ1) is 29.5. The zero-order valence-corrected chi connectivity index (χ0v) is 25.1. The molecule has 0 aliphatic heterocycles. The summed E-state index contributed by atoms with van der Waals surface area (Å²) in [7, 11) is -8.12. The molecule has 220 valence electrons. The molecule has 0 aliphatic carbocycles. The topological polar surface area (TPSA) is 109 Å². The molecule has 0 atom stereocenters. The number of fused-ring (bicyclic) bond motifs is 2. The summed E-state index contributed by atoms with van der Waals surface area (Å²) in [4.78, 5) is 0. The van der Waals surface area contributed by atoms with Crippen LogP contribution in [0.5, 0.6) is 0 Å². The summed E-state index contributed by atoms with van der Waals surface area (Å²) in [6.07, 6.45) is 4.18. The molecule has 44 heavy (non-hydrogen) atoms. The predicted octanol–water partition coefficient (Wildman–Crippen LogP) is 8.27. The molecular weight excluding hydrogens is 593 g/mol. The largest absolute Gasteiger partial charge is 0.285 e. The Labute approximate surface area is 256 Å². The molecule has 0 unspecified atom stereocenters. The Bertz CT molecular complexity index is 2090. The molecular formula is C36H28O6S2. The van der Waals surface area contributed by atoms with Gasteiger partial charge >= 0.3 is 0 Å². The number of benzene rings is 6. The third-order valence-electron chi connectivity index (χ3n) is 7.47. The molecule has 0 heterocycles. The summed E-state index contributed by atoms with van der Waals surface area (Å²) in [6, 6.07) is 39.3. The lowest BCUT2D eigenvalue weighted by Crippen LogP contribution is -2.01. The zero-order valence-electron chi connectivity index (χ0n) is 23.5. The van der Waals surface area contributed by atoms with E-state index < -0.39 is 31.7 Å². The van der Waals surface area contributed by atoms with E-state index in [9.17, 15) is 16.8 Å². The van der Waals surface area contributed by atoms with Crippen molar-refractivity contribution in [3.63, 3.8) is 0 Å². The van der Waals surface area contributed by atoms with Gasteiger partial charge in [0.15, 0.2) is 0 Å². The van der Waals surface area contributed by atoms with E-state index in [0.717, 1.165) is 54.9 Å². The first-order chi connectivity index (χ1) is 21.0. The zero-order chi connectivity index (χ0) is 30.9. The van der Waals surface area contributed by atoms with Crippen molar-refractivity contribution < 1.29 is 25.9 Å². The van der Waals surface area contributed by atoms with Crippen LogP contribution >= 0.6 is 0 Å². The van der Waals surface area contributed by atoms with E-state index in [1.165, 1.54) is 0 Å². The van der Waals surface area contributed by atoms with Crippen LogP contribution in [-0.2, 0) is 31.7 Å². The molecule has 0 amide bonds. The molecule has 6 rings (SSSR count). The van der Waals surface area contributed by atoms with Crippen molar-refractivity contribution in [2.75, 3.05) is 0 Å². The summed E-state index contributed by atoms with van der Waals surface area (Å²) in [5.74, 6) is -0.801. The minimum absolute atomic E-state index is 0.401. The van der Waals surface area contributed by atoms with Crippen molar-refractivity contribution in [3.8, 4) is 22.3 Å². The molecule has 6 aromatic rings. The number of hydrogen-bond donors (Lipinski definition) is 2. The van der Waals surface area contributed by atoms with Gasteiger partial charge in [-0.3, -0.25) is 9.11 Å². The second-order valence-corrected chi connectivity index (χ2v) is 13.7. The van der Waals surface area contributed by atoms with E-state index in [1.807, 2.05) is 36.4 Å². The van der Waals surface area contributed by atoms with Crippen LogP contribution in [0, 0.1) is 0 Å². The molecule has 6 nitrogen and oxygen atoms in total. The summed E-state index contributed by atoms with van der Waals surface area (Å²) >= 11 is 0. The molecule has 6 aromatic carbocycles. The Morgan fingerprint density at radius 3 is 1.09 bits per heavy atom. The fourth-order valence-electron chi connectivity index (χ4n) is 5.30. The standard InChI is InChI=1S/C36H28O6S2/c37-43(38,39)23-27-5-9-29(10-6-27)33-17-15-31-19-25(3-13-35(31)21-33)1-2-26-4-14-36-22-34(18-16-32(36)20-26)30-11-7-28(8-12-30)24-44(40,41)42/h1-22H,23-24H2,(H,37,38,39)(H,40,41,42)/b2-1+. The van der Waals surface area contributed by atoms with Crippen LogP contribution in [0.25, 0.3) is 56.0 Å². The second kappa shape index (κ2) is 11.8. The molecule has 0 saturated heterocycles. The maximum Gasteiger partial charge on any atom is 0.269 e. The second-order valence-electron chi connectivity index (χ2n) is 10.8. The molecule has 0 spiro atoms. The fourth-order valence-corrected chi connectivity index (χ4v) is 6.52. The maximum absolute atomic E-state index is 11.1. The molecule has 0 bridgehead atoms. The summed E-state index contributed by atoms with van der Waals surface area (Å²) < 4.78 is 62.7. The van der Waals surface area contributed by atoms with Crippen LogP contribution < -0.4 is 0 Å². The lowest BCUT2D eigenvalue weighted by Gasteiger charge is -2.07. The molecule has 0 saturated carbocycles. The Morgan fingerprint density at radius 2 is 0.727 bits per heavy atom. The summed E-state index contributed by atoms with van der Waals surface area (Å²) in [5, 5.41) is 4.40. The van der Waals surface area contributed by atoms with E-state index in [-0.39, 0.29) is 0 Å². The normalized spacial score (nSPS) is 12.3. The van der Waals surface area contributed by atoms with Crippen LogP contribution in [0.2, 0.25) is 0 Å². The monoisotopic (exact) mass is 620 g/mol. The number of hydrogen-bond acceptors (Lipinski definition) is 4. The van der Waals surface area contributed by atoms with Gasteiger partial charge < -0.3 is 0 Å². The molecule has 0 radical (unpaired) electrons. The summed E-state index contributed by atoms with van der Waals surface area (Å²) in [6.45, 7) is 0. The Morgan fingerprint density at radius 1 is 0.409 bits per heavy atom. The van der Waals surface area contributed by atoms with E-state index in [2.05, 4.69) is 72.8 Å². The van der Waals surface area contributed by atoms with E-state index >= 15 is 0 Å². The van der Waals surface area contributed by atoms with Crippen LogP contribution in [-0.4, -0.2) is 25.9 Å². The lowest BCUT2D eigenvalue weighted by molar-refractivity contribution is 0.479. The van der Waals surface area contributed by atoms with Gasteiger partial charge in [0.2, 0.25) is 0 Å². The van der Waals surface area contributed by atoms with Gasteiger partial charge in [-0.1, -0.05) is 109 Å². The molecule has 0 aliphatic rings. The summed E-state index contributed by atoms with van der Waals surface area (Å²) in [5.41, 5.74) is 7.20. The number of rotatable bonds is 8. The van der Waals surface area contributed by atoms with Crippen molar-refractivity contribution in [3.05, 3.63) is 144 Å². The van der Waals surface area contributed by atoms with Crippen LogP contribution in [0.1, 0.15) is 22.3 Å². The first-order valence-electron chi connectivity index (χ1n) is 13.8. The van der Waals surface area contributed by atoms with Crippen molar-refractivity contribution in [1.29, 1.82) is 0 Å². The predicted molar refractivity (Wildman–Crippen MR) is 178 cm³/mol. The van der Waals surface area contributed by atoms with Gasteiger partial charge in [-0.15, -0.1) is 0 Å². The highest BCUT2D eigenvalue weighted by molar-refractivity contribution is 7.85. The van der Waals surface area contributed by atoms with Gasteiger partial charge in [0.1, 0.15) is 11.5 Å². The molecule has 8 heteroatoms. The maximum atomic E-state index is 11.1. The molecule has 2 N–H and O–H groups in total.